The van der Waals surface area contributed by atoms with Gasteiger partial charge in [-0.3, -0.25) is 9.78 Å². The van der Waals surface area contributed by atoms with Crippen molar-refractivity contribution in [2.45, 2.75) is 6.92 Å². The van der Waals surface area contributed by atoms with Crippen LogP contribution in [0.15, 0.2) is 42.7 Å². The summed E-state index contributed by atoms with van der Waals surface area (Å²) in [6, 6.07) is 9.03. The third-order valence-electron chi connectivity index (χ3n) is 4.95. The number of carbonyl (C=O) groups excluding carboxylic acids is 1. The van der Waals surface area contributed by atoms with Crippen LogP contribution in [0.5, 0.6) is 17.2 Å². The van der Waals surface area contributed by atoms with Gasteiger partial charge in [0.2, 0.25) is 11.5 Å². The van der Waals surface area contributed by atoms with E-state index in [1.165, 1.54) is 32.7 Å². The van der Waals surface area contributed by atoms with Gasteiger partial charge >= 0.3 is 0 Å². The number of carbonyl (C=O) groups is 1. The fraction of sp³-hybridized carbons (Fsp3) is 0.174. The summed E-state index contributed by atoms with van der Waals surface area (Å²) in [5, 5.41) is 0.762. The van der Waals surface area contributed by atoms with Crippen molar-refractivity contribution < 1.29 is 19.0 Å². The van der Waals surface area contributed by atoms with Crippen LogP contribution in [0.4, 0.5) is 5.69 Å². The van der Waals surface area contributed by atoms with Gasteiger partial charge in [0, 0.05) is 29.0 Å². The van der Waals surface area contributed by atoms with Crippen molar-refractivity contribution in [2.75, 3.05) is 27.1 Å². The third-order valence-corrected chi connectivity index (χ3v) is 6.05. The first kappa shape index (κ1) is 20.6. The number of anilines is 1. The first-order valence-electron chi connectivity index (χ1n) is 9.43. The Morgan fingerprint density at radius 2 is 1.65 bits per heavy atom. The number of aromatic nitrogens is 2. The third kappa shape index (κ3) is 3.55. The molecule has 1 aromatic carbocycles. The first-order valence-corrected chi connectivity index (χ1v) is 10.2. The molecule has 31 heavy (non-hydrogen) atoms. The largest absolute Gasteiger partial charge is 0.493 e. The van der Waals surface area contributed by atoms with Crippen LogP contribution in [0.3, 0.4) is 0 Å². The average molecular weight is 436 g/mol. The van der Waals surface area contributed by atoms with Crippen LogP contribution >= 0.6 is 11.3 Å². The van der Waals surface area contributed by atoms with Crippen LogP contribution in [0, 0.1) is 6.92 Å². The molecule has 8 heteroatoms. The van der Waals surface area contributed by atoms with E-state index in [-0.39, 0.29) is 5.78 Å². The number of hydrogen-bond donors (Lipinski definition) is 1. The lowest BCUT2D eigenvalue weighted by atomic mass is 10.0. The van der Waals surface area contributed by atoms with E-state index in [4.69, 9.17) is 19.9 Å². The molecule has 0 atom stereocenters. The Morgan fingerprint density at radius 3 is 2.23 bits per heavy atom. The number of thiophene rings is 1. The number of ketones is 1. The molecule has 158 valence electrons. The molecule has 0 aliphatic carbocycles. The van der Waals surface area contributed by atoms with Gasteiger partial charge in [-0.05, 0) is 48.4 Å². The van der Waals surface area contributed by atoms with Gasteiger partial charge in [0.15, 0.2) is 11.5 Å². The summed E-state index contributed by atoms with van der Waals surface area (Å²) in [6.07, 6.45) is 3.45. The van der Waals surface area contributed by atoms with Crippen molar-refractivity contribution in [3.05, 3.63) is 58.9 Å². The molecule has 4 aromatic rings. The number of nitrogens with two attached hydrogens (primary N) is 1. The normalized spacial score (nSPS) is 10.8. The zero-order valence-electron chi connectivity index (χ0n) is 17.6. The number of nitrogen functional groups attached to an aromatic ring is 1. The van der Waals surface area contributed by atoms with Crippen LogP contribution in [0.2, 0.25) is 0 Å². The van der Waals surface area contributed by atoms with Gasteiger partial charge in [-0.25, -0.2) is 4.98 Å². The quantitative estimate of drug-likeness (QED) is 0.445. The van der Waals surface area contributed by atoms with Gasteiger partial charge in [0.1, 0.15) is 9.71 Å². The second kappa shape index (κ2) is 8.23. The number of methoxy groups -OCH3 is 3. The van der Waals surface area contributed by atoms with Crippen molar-refractivity contribution >= 4 is 33.0 Å². The molecule has 0 spiro atoms. The molecule has 0 amide bonds. The maximum atomic E-state index is 13.4. The highest BCUT2D eigenvalue weighted by Gasteiger charge is 2.24. The van der Waals surface area contributed by atoms with E-state index in [1.54, 1.807) is 24.5 Å². The Bertz CT molecular complexity index is 1260. The highest BCUT2D eigenvalue weighted by molar-refractivity contribution is 7.21. The molecule has 0 unspecified atom stereocenters. The van der Waals surface area contributed by atoms with E-state index in [2.05, 4.69) is 9.97 Å². The summed E-state index contributed by atoms with van der Waals surface area (Å²) < 4.78 is 16.1. The van der Waals surface area contributed by atoms with Crippen LogP contribution in [0.25, 0.3) is 21.3 Å². The van der Waals surface area contributed by atoms with Crippen LogP contribution in [-0.2, 0) is 0 Å². The molecule has 3 aromatic heterocycles. The lowest BCUT2D eigenvalue weighted by Crippen LogP contribution is -2.04. The highest BCUT2D eigenvalue weighted by atomic mass is 32.1. The van der Waals surface area contributed by atoms with Crippen LogP contribution in [0.1, 0.15) is 20.9 Å². The monoisotopic (exact) mass is 435 g/mol. The van der Waals surface area contributed by atoms with E-state index >= 15 is 0 Å². The topological polar surface area (TPSA) is 96.6 Å². The fourth-order valence-corrected chi connectivity index (χ4v) is 4.64. The predicted molar refractivity (Wildman–Crippen MR) is 122 cm³/mol. The summed E-state index contributed by atoms with van der Waals surface area (Å²) >= 11 is 1.27. The minimum absolute atomic E-state index is 0.238. The van der Waals surface area contributed by atoms with E-state index < -0.39 is 0 Å². The number of ether oxygens (including phenoxy) is 3. The molecule has 7 nitrogen and oxygen atoms in total. The van der Waals surface area contributed by atoms with Crippen molar-refractivity contribution in [1.29, 1.82) is 0 Å². The van der Waals surface area contributed by atoms with Gasteiger partial charge in [-0.2, -0.15) is 0 Å². The van der Waals surface area contributed by atoms with E-state index in [1.807, 2.05) is 25.1 Å². The van der Waals surface area contributed by atoms with Crippen molar-refractivity contribution in [1.82, 2.24) is 9.97 Å². The Hall–Kier alpha value is -3.65. The Kier molecular flexibility index (Phi) is 5.48. The Balaban J connectivity index is 1.90. The van der Waals surface area contributed by atoms with E-state index in [0.717, 1.165) is 22.2 Å². The minimum Gasteiger partial charge on any atom is -0.493 e. The zero-order chi connectivity index (χ0) is 22.1. The van der Waals surface area contributed by atoms with Crippen molar-refractivity contribution in [3.8, 4) is 28.4 Å². The summed E-state index contributed by atoms with van der Waals surface area (Å²) in [6.45, 7) is 1.92. The second-order valence-corrected chi connectivity index (χ2v) is 7.81. The molecule has 0 aliphatic heterocycles. The molecule has 0 saturated carbocycles. The number of benzene rings is 1. The summed E-state index contributed by atoms with van der Waals surface area (Å²) in [5.74, 6) is 0.980. The van der Waals surface area contributed by atoms with E-state index in [9.17, 15) is 4.79 Å². The smallest absolute Gasteiger partial charge is 0.205 e. The van der Waals surface area contributed by atoms with Gasteiger partial charge < -0.3 is 19.9 Å². The molecule has 0 fully saturated rings. The number of pyridine rings is 2. The molecule has 3 heterocycles. The van der Waals surface area contributed by atoms with Crippen molar-refractivity contribution in [2.24, 2.45) is 0 Å². The number of fused-ring (bicyclic) bond motifs is 1. The van der Waals surface area contributed by atoms with Crippen molar-refractivity contribution in [3.63, 3.8) is 0 Å². The lowest BCUT2D eigenvalue weighted by molar-refractivity contribution is 0.104. The summed E-state index contributed by atoms with van der Waals surface area (Å²) in [5.41, 5.74) is 10.0. The molecule has 2 N–H and O–H groups in total. The standard InChI is InChI=1S/C23H21N3O4S/c1-12-9-15(13-5-7-25-8-6-13)18-19(24)22(31-23(18)26-12)20(27)14-10-16(28-2)21(30-4)17(11-14)29-3/h5-11H,24H2,1-4H3. The SMILES string of the molecule is COc1cc(C(=O)c2sc3nc(C)cc(-c4ccncc4)c3c2N)cc(OC)c1OC. The van der Waals surface area contributed by atoms with Gasteiger partial charge in [-0.15, -0.1) is 11.3 Å². The Labute approximate surface area is 183 Å². The Morgan fingerprint density at radius 1 is 1.00 bits per heavy atom. The molecule has 0 aliphatic rings. The number of aryl methyl sites for hydroxylation is 1. The van der Waals surface area contributed by atoms with Gasteiger partial charge in [-0.1, -0.05) is 0 Å². The molecule has 0 bridgehead atoms. The predicted octanol–water partition coefficient (Wildman–Crippen LogP) is 4.51. The summed E-state index contributed by atoms with van der Waals surface area (Å²) in [7, 11) is 4.53. The number of rotatable bonds is 6. The lowest BCUT2D eigenvalue weighted by Gasteiger charge is -2.13. The highest BCUT2D eigenvalue weighted by Crippen LogP contribution is 2.43. The van der Waals surface area contributed by atoms with Gasteiger partial charge in [0.05, 0.1) is 27.0 Å². The summed E-state index contributed by atoms with van der Waals surface area (Å²) in [4.78, 5) is 23.3. The molecular weight excluding hydrogens is 414 g/mol. The second-order valence-electron chi connectivity index (χ2n) is 6.82. The number of nitrogens with zero attached hydrogens (tertiary/aromatic N) is 2. The van der Waals surface area contributed by atoms with Crippen LogP contribution in [-0.4, -0.2) is 37.1 Å². The minimum atomic E-state index is -0.238. The zero-order valence-corrected chi connectivity index (χ0v) is 18.4. The van der Waals surface area contributed by atoms with Crippen LogP contribution < -0.4 is 19.9 Å². The van der Waals surface area contributed by atoms with Gasteiger partial charge in [0.25, 0.3) is 0 Å². The van der Waals surface area contributed by atoms with E-state index in [0.29, 0.717) is 38.2 Å². The number of hydrogen-bond acceptors (Lipinski definition) is 8. The molecule has 0 saturated heterocycles. The fourth-order valence-electron chi connectivity index (χ4n) is 3.52. The maximum Gasteiger partial charge on any atom is 0.205 e. The molecule has 0 radical (unpaired) electrons. The maximum absolute atomic E-state index is 13.4. The average Bonchev–Trinajstić information content (AvgIpc) is 3.13. The molecule has 4 rings (SSSR count). The first-order chi connectivity index (χ1) is 15.0. The molecular formula is C23H21N3O4S.